The molecule has 0 saturated heterocycles. The zero-order valence-electron chi connectivity index (χ0n) is 11.5. The van der Waals surface area contributed by atoms with Crippen LogP contribution in [0.3, 0.4) is 0 Å². The van der Waals surface area contributed by atoms with Gasteiger partial charge in [0.05, 0.1) is 6.20 Å². The summed E-state index contributed by atoms with van der Waals surface area (Å²) in [5.41, 5.74) is 2.03. The Morgan fingerprint density at radius 1 is 1.15 bits per heavy atom. The Hall–Kier alpha value is -2.14. The molecule has 0 bridgehead atoms. The summed E-state index contributed by atoms with van der Waals surface area (Å²) in [6.07, 6.45) is 1.74. The number of hydrogen-bond acceptors (Lipinski definition) is 3. The number of rotatable bonds is 2. The van der Waals surface area contributed by atoms with Crippen LogP contribution in [-0.4, -0.2) is 24.5 Å². The Labute approximate surface area is 121 Å². The lowest BCUT2D eigenvalue weighted by atomic mass is 10.1. The van der Waals surface area contributed by atoms with Crippen molar-refractivity contribution >= 4 is 11.6 Å². The van der Waals surface area contributed by atoms with Crippen molar-refractivity contribution < 1.29 is 0 Å². The van der Waals surface area contributed by atoms with E-state index in [2.05, 4.69) is 15.2 Å². The van der Waals surface area contributed by atoms with Crippen molar-refractivity contribution in [2.45, 2.75) is 13.8 Å². The molecule has 5 nitrogen and oxygen atoms in total. The maximum Gasteiger partial charge on any atom is 0.165 e. The first kappa shape index (κ1) is 12.9. The van der Waals surface area contributed by atoms with Gasteiger partial charge in [0, 0.05) is 23.7 Å². The van der Waals surface area contributed by atoms with Gasteiger partial charge in [-0.25, -0.2) is 4.98 Å². The lowest BCUT2D eigenvalue weighted by Gasteiger charge is -2.07. The molecule has 1 aromatic carbocycles. The predicted octanol–water partition coefficient (Wildman–Crippen LogP) is 2.94. The van der Waals surface area contributed by atoms with Gasteiger partial charge in [-0.05, 0) is 37.6 Å². The lowest BCUT2D eigenvalue weighted by Crippen LogP contribution is -2.06. The zero-order chi connectivity index (χ0) is 14.3. The summed E-state index contributed by atoms with van der Waals surface area (Å²) < 4.78 is 3.54. The largest absolute Gasteiger partial charge is 0.251 e. The first-order chi connectivity index (χ1) is 9.54. The Bertz CT molecular complexity index is 751. The van der Waals surface area contributed by atoms with Gasteiger partial charge in [0.15, 0.2) is 11.6 Å². The minimum atomic E-state index is 0.692. The molecule has 2 aromatic heterocycles. The molecular formula is C14H14ClN5. The van der Waals surface area contributed by atoms with E-state index in [0.29, 0.717) is 10.8 Å². The van der Waals surface area contributed by atoms with Crippen LogP contribution in [0.25, 0.3) is 17.2 Å². The highest BCUT2D eigenvalue weighted by atomic mass is 35.5. The van der Waals surface area contributed by atoms with Crippen LogP contribution in [0.15, 0.2) is 30.5 Å². The van der Waals surface area contributed by atoms with Gasteiger partial charge < -0.3 is 0 Å². The Morgan fingerprint density at radius 2 is 1.95 bits per heavy atom. The van der Waals surface area contributed by atoms with Crippen LogP contribution >= 0.6 is 11.6 Å². The summed E-state index contributed by atoms with van der Waals surface area (Å²) in [7, 11) is 1.87. The molecule has 0 fully saturated rings. The molecule has 0 saturated carbocycles. The number of aryl methyl sites for hydroxylation is 3. The van der Waals surface area contributed by atoms with Crippen LogP contribution in [0.4, 0.5) is 0 Å². The highest BCUT2D eigenvalue weighted by molar-refractivity contribution is 6.30. The van der Waals surface area contributed by atoms with E-state index in [9.17, 15) is 0 Å². The molecule has 0 spiro atoms. The van der Waals surface area contributed by atoms with Gasteiger partial charge in [-0.1, -0.05) is 11.6 Å². The van der Waals surface area contributed by atoms with Crippen molar-refractivity contribution in [3.8, 4) is 17.2 Å². The molecule has 20 heavy (non-hydrogen) atoms. The van der Waals surface area contributed by atoms with Crippen LogP contribution in [-0.2, 0) is 7.05 Å². The van der Waals surface area contributed by atoms with Gasteiger partial charge in [-0.2, -0.15) is 9.78 Å². The third-order valence-corrected chi connectivity index (χ3v) is 3.24. The normalized spacial score (nSPS) is 11.0. The van der Waals surface area contributed by atoms with Crippen LogP contribution in [0.5, 0.6) is 0 Å². The fourth-order valence-electron chi connectivity index (χ4n) is 2.20. The molecule has 3 rings (SSSR count). The SMILES string of the molecule is Cc1cc(Cl)cc(-c2nc(C)nn2-c2ccnn2C)c1. The second-order valence-electron chi connectivity index (χ2n) is 4.72. The van der Waals surface area contributed by atoms with Crippen LogP contribution < -0.4 is 0 Å². The van der Waals surface area contributed by atoms with E-state index < -0.39 is 0 Å². The molecule has 0 aliphatic rings. The molecule has 0 aliphatic heterocycles. The average molecular weight is 288 g/mol. The summed E-state index contributed by atoms with van der Waals surface area (Å²) in [5, 5.41) is 9.32. The number of benzene rings is 1. The number of nitrogens with zero attached hydrogens (tertiary/aromatic N) is 5. The molecule has 0 unspecified atom stereocenters. The second-order valence-corrected chi connectivity index (χ2v) is 5.16. The second kappa shape index (κ2) is 4.76. The Kier molecular flexibility index (Phi) is 3.06. The average Bonchev–Trinajstić information content (AvgIpc) is 2.93. The van der Waals surface area contributed by atoms with E-state index in [1.165, 1.54) is 0 Å². The zero-order valence-corrected chi connectivity index (χ0v) is 12.3. The van der Waals surface area contributed by atoms with Gasteiger partial charge in [-0.15, -0.1) is 5.10 Å². The molecule has 102 valence electrons. The topological polar surface area (TPSA) is 48.5 Å². The van der Waals surface area contributed by atoms with Crippen LogP contribution in [0, 0.1) is 13.8 Å². The lowest BCUT2D eigenvalue weighted by molar-refractivity contribution is 0.698. The van der Waals surface area contributed by atoms with Gasteiger partial charge in [-0.3, -0.25) is 4.68 Å². The summed E-state index contributed by atoms with van der Waals surface area (Å²) in [6.45, 7) is 3.88. The van der Waals surface area contributed by atoms with Crippen molar-refractivity contribution in [2.75, 3.05) is 0 Å². The van der Waals surface area contributed by atoms with E-state index in [4.69, 9.17) is 11.6 Å². The first-order valence-electron chi connectivity index (χ1n) is 6.24. The fourth-order valence-corrected chi connectivity index (χ4v) is 2.49. The van der Waals surface area contributed by atoms with Crippen molar-refractivity contribution in [1.29, 1.82) is 0 Å². The molecule has 0 N–H and O–H groups in total. The molecule has 6 heteroatoms. The quantitative estimate of drug-likeness (QED) is 0.728. The van der Waals surface area contributed by atoms with Crippen LogP contribution in [0.2, 0.25) is 5.02 Å². The standard InChI is InChI=1S/C14H14ClN5/c1-9-6-11(8-12(15)7-9)14-17-10(2)18-20(14)13-4-5-16-19(13)3/h4-8H,1-3H3. The summed E-state index contributed by atoms with van der Waals surface area (Å²) in [5.74, 6) is 2.33. The molecule has 3 aromatic rings. The summed E-state index contributed by atoms with van der Waals surface area (Å²) in [6, 6.07) is 7.75. The van der Waals surface area contributed by atoms with Gasteiger partial charge in [0.25, 0.3) is 0 Å². The van der Waals surface area contributed by atoms with Gasteiger partial charge in [0.1, 0.15) is 5.82 Å². The highest BCUT2D eigenvalue weighted by Crippen LogP contribution is 2.25. The number of halogens is 1. The first-order valence-corrected chi connectivity index (χ1v) is 6.62. The van der Waals surface area contributed by atoms with E-state index >= 15 is 0 Å². The summed E-state index contributed by atoms with van der Waals surface area (Å²) >= 11 is 6.14. The van der Waals surface area contributed by atoms with E-state index in [0.717, 1.165) is 22.8 Å². The molecular weight excluding hydrogens is 274 g/mol. The predicted molar refractivity (Wildman–Crippen MR) is 78.0 cm³/mol. The smallest absolute Gasteiger partial charge is 0.165 e. The van der Waals surface area contributed by atoms with Crippen molar-refractivity contribution in [3.63, 3.8) is 0 Å². The van der Waals surface area contributed by atoms with E-state index in [-0.39, 0.29) is 0 Å². The third-order valence-electron chi connectivity index (χ3n) is 3.03. The maximum atomic E-state index is 6.14. The maximum absolute atomic E-state index is 6.14. The van der Waals surface area contributed by atoms with Gasteiger partial charge in [0.2, 0.25) is 0 Å². The Morgan fingerprint density at radius 3 is 2.60 bits per heavy atom. The Balaban J connectivity index is 2.22. The van der Waals surface area contributed by atoms with E-state index in [1.54, 1.807) is 15.6 Å². The minimum Gasteiger partial charge on any atom is -0.251 e. The van der Waals surface area contributed by atoms with Crippen LogP contribution in [0.1, 0.15) is 11.4 Å². The van der Waals surface area contributed by atoms with Crippen molar-refractivity contribution in [2.24, 2.45) is 7.05 Å². The van der Waals surface area contributed by atoms with Crippen molar-refractivity contribution in [3.05, 3.63) is 46.9 Å². The molecule has 0 atom stereocenters. The molecule has 0 amide bonds. The summed E-state index contributed by atoms with van der Waals surface area (Å²) in [4.78, 5) is 4.51. The van der Waals surface area contributed by atoms with E-state index in [1.807, 2.05) is 45.2 Å². The highest BCUT2D eigenvalue weighted by Gasteiger charge is 2.14. The monoisotopic (exact) mass is 287 g/mol. The fraction of sp³-hybridized carbons (Fsp3) is 0.214. The number of hydrogen-bond donors (Lipinski definition) is 0. The number of aromatic nitrogens is 5. The molecule has 0 radical (unpaired) electrons. The van der Waals surface area contributed by atoms with Crippen molar-refractivity contribution in [1.82, 2.24) is 24.5 Å². The minimum absolute atomic E-state index is 0.692. The molecule has 2 heterocycles. The van der Waals surface area contributed by atoms with Gasteiger partial charge >= 0.3 is 0 Å². The third kappa shape index (κ3) is 2.20. The molecule has 0 aliphatic carbocycles.